The molecule has 0 saturated carbocycles. The van der Waals surface area contributed by atoms with E-state index in [1.165, 1.54) is 18.3 Å². The minimum Gasteiger partial charge on any atom is -0.404 e. The third-order valence-corrected chi connectivity index (χ3v) is 3.00. The number of hydrogen-bond donors (Lipinski definition) is 2. The van der Waals surface area contributed by atoms with Gasteiger partial charge in [-0.1, -0.05) is 6.08 Å². The van der Waals surface area contributed by atoms with Crippen molar-refractivity contribution >= 4 is 11.9 Å². The molecule has 5 heteroatoms. The maximum atomic E-state index is 13.7. The Bertz CT molecular complexity index is 574. The van der Waals surface area contributed by atoms with Gasteiger partial charge in [-0.05, 0) is 42.3 Å². The van der Waals surface area contributed by atoms with Crippen LogP contribution in [-0.4, -0.2) is 12.8 Å². The number of nitrogens with zero attached hydrogens (tertiary/aromatic N) is 1. The number of hydrogen-bond acceptors (Lipinski definition) is 3. The summed E-state index contributed by atoms with van der Waals surface area (Å²) in [7, 11) is 0. The average molecular weight is 263 g/mol. The molecule has 1 heterocycles. The lowest BCUT2D eigenvalue weighted by atomic mass is 10.0. The van der Waals surface area contributed by atoms with Gasteiger partial charge in [0.15, 0.2) is 5.82 Å². The van der Waals surface area contributed by atoms with Gasteiger partial charge < -0.3 is 11.5 Å². The van der Waals surface area contributed by atoms with E-state index in [-0.39, 0.29) is 17.7 Å². The minimum atomic E-state index is -0.678. The molecule has 0 saturated heterocycles. The topological polar surface area (TPSA) is 64.4 Å². The van der Waals surface area contributed by atoms with Crippen molar-refractivity contribution in [3.8, 4) is 0 Å². The van der Waals surface area contributed by atoms with Gasteiger partial charge in [0.1, 0.15) is 5.82 Å². The Balaban J connectivity index is 2.14. The van der Waals surface area contributed by atoms with Crippen molar-refractivity contribution in [1.82, 2.24) is 0 Å². The predicted octanol–water partition coefficient (Wildman–Crippen LogP) is 2.33. The normalized spacial score (nSPS) is 16.7. The van der Waals surface area contributed by atoms with Gasteiger partial charge >= 0.3 is 0 Å². The van der Waals surface area contributed by atoms with E-state index in [9.17, 15) is 8.78 Å². The van der Waals surface area contributed by atoms with Crippen LogP contribution in [0.1, 0.15) is 12.0 Å². The van der Waals surface area contributed by atoms with E-state index < -0.39 is 11.6 Å². The molecule has 0 bridgehead atoms. The summed E-state index contributed by atoms with van der Waals surface area (Å²) < 4.78 is 27.3. The van der Waals surface area contributed by atoms with Gasteiger partial charge in [0, 0.05) is 11.8 Å². The first-order valence-corrected chi connectivity index (χ1v) is 5.95. The zero-order chi connectivity index (χ0) is 13.8. The molecule has 0 aromatic heterocycles. The molecular formula is C14H15F2N3. The SMILES string of the molecule is N/C=C1/C=C(CCc2c(F)ccc(N)c2F)C=NC1. The van der Waals surface area contributed by atoms with Crippen LogP contribution in [0, 0.1) is 11.6 Å². The number of allylic oxidation sites excluding steroid dienone is 1. The van der Waals surface area contributed by atoms with Crippen molar-refractivity contribution in [2.45, 2.75) is 12.8 Å². The average Bonchev–Trinajstić information content (AvgIpc) is 2.43. The highest BCUT2D eigenvalue weighted by Crippen LogP contribution is 2.22. The van der Waals surface area contributed by atoms with Crippen molar-refractivity contribution in [3.05, 3.63) is 52.8 Å². The lowest BCUT2D eigenvalue weighted by Crippen LogP contribution is -2.04. The van der Waals surface area contributed by atoms with Crippen LogP contribution in [0.4, 0.5) is 14.5 Å². The van der Waals surface area contributed by atoms with Gasteiger partial charge in [-0.25, -0.2) is 8.78 Å². The van der Waals surface area contributed by atoms with Crippen LogP contribution in [0.2, 0.25) is 0 Å². The summed E-state index contributed by atoms with van der Waals surface area (Å²) >= 11 is 0. The number of anilines is 1. The maximum absolute atomic E-state index is 13.7. The van der Waals surface area contributed by atoms with Crippen LogP contribution in [0.25, 0.3) is 0 Å². The zero-order valence-electron chi connectivity index (χ0n) is 10.4. The van der Waals surface area contributed by atoms with Crippen molar-refractivity contribution < 1.29 is 8.78 Å². The van der Waals surface area contributed by atoms with Crippen LogP contribution in [0.5, 0.6) is 0 Å². The van der Waals surface area contributed by atoms with E-state index in [0.717, 1.165) is 11.1 Å². The van der Waals surface area contributed by atoms with Gasteiger partial charge in [-0.15, -0.1) is 0 Å². The molecule has 3 nitrogen and oxygen atoms in total. The minimum absolute atomic E-state index is 0.0122. The quantitative estimate of drug-likeness (QED) is 0.822. The molecule has 0 aliphatic carbocycles. The standard InChI is InChI=1S/C14H15F2N3/c15-12-3-4-13(18)14(16)11(12)2-1-9-5-10(6-17)8-19-7-9/h3-7H,1-2,8,17-18H2/b10-6-. The molecule has 2 rings (SSSR count). The zero-order valence-corrected chi connectivity index (χ0v) is 10.4. The monoisotopic (exact) mass is 263 g/mol. The number of aliphatic imine (C=N–C) groups is 1. The Morgan fingerprint density at radius 2 is 2.05 bits per heavy atom. The summed E-state index contributed by atoms with van der Waals surface area (Å²) in [5.74, 6) is -1.25. The maximum Gasteiger partial charge on any atom is 0.152 e. The number of nitrogens with two attached hydrogens (primary N) is 2. The van der Waals surface area contributed by atoms with Gasteiger partial charge in [0.05, 0.1) is 12.2 Å². The molecule has 1 aromatic carbocycles. The second-order valence-electron chi connectivity index (χ2n) is 4.36. The van der Waals surface area contributed by atoms with E-state index in [0.29, 0.717) is 13.0 Å². The Morgan fingerprint density at radius 3 is 2.79 bits per heavy atom. The van der Waals surface area contributed by atoms with E-state index in [1.54, 1.807) is 6.21 Å². The fourth-order valence-electron chi connectivity index (χ4n) is 1.94. The Labute approximate surface area is 110 Å². The number of nitrogen functional groups attached to an aromatic ring is 1. The molecule has 0 fully saturated rings. The summed E-state index contributed by atoms with van der Waals surface area (Å²) in [6.07, 6.45) is 5.79. The van der Waals surface area contributed by atoms with Crippen LogP contribution < -0.4 is 11.5 Å². The first-order chi connectivity index (χ1) is 9.11. The summed E-state index contributed by atoms with van der Waals surface area (Å²) in [6.45, 7) is 0.543. The summed E-state index contributed by atoms with van der Waals surface area (Å²) in [5.41, 5.74) is 12.6. The van der Waals surface area contributed by atoms with Crippen molar-refractivity contribution in [2.75, 3.05) is 12.3 Å². The molecule has 0 atom stereocenters. The van der Waals surface area contributed by atoms with Crippen molar-refractivity contribution in [2.24, 2.45) is 10.7 Å². The Morgan fingerprint density at radius 1 is 1.26 bits per heavy atom. The van der Waals surface area contributed by atoms with Crippen LogP contribution in [0.15, 0.2) is 40.5 Å². The smallest absolute Gasteiger partial charge is 0.152 e. The summed E-state index contributed by atoms with van der Waals surface area (Å²) in [4.78, 5) is 4.13. The first-order valence-electron chi connectivity index (χ1n) is 5.95. The highest BCUT2D eigenvalue weighted by atomic mass is 19.1. The molecule has 19 heavy (non-hydrogen) atoms. The number of halogens is 2. The molecule has 1 aliphatic heterocycles. The summed E-state index contributed by atoms with van der Waals surface area (Å²) in [5, 5.41) is 0. The molecule has 0 spiro atoms. The largest absolute Gasteiger partial charge is 0.404 e. The van der Waals surface area contributed by atoms with Gasteiger partial charge in [-0.3, -0.25) is 4.99 Å². The fourth-order valence-corrected chi connectivity index (χ4v) is 1.94. The van der Waals surface area contributed by atoms with E-state index >= 15 is 0 Å². The lowest BCUT2D eigenvalue weighted by Gasteiger charge is -2.10. The van der Waals surface area contributed by atoms with Crippen molar-refractivity contribution in [1.29, 1.82) is 0 Å². The Hall–Kier alpha value is -2.17. The fraction of sp³-hybridized carbons (Fsp3) is 0.214. The van der Waals surface area contributed by atoms with E-state index in [2.05, 4.69) is 4.99 Å². The van der Waals surface area contributed by atoms with Gasteiger partial charge in [0.2, 0.25) is 0 Å². The highest BCUT2D eigenvalue weighted by Gasteiger charge is 2.13. The van der Waals surface area contributed by atoms with E-state index in [1.807, 2.05) is 6.08 Å². The Kier molecular flexibility index (Phi) is 3.94. The molecule has 0 unspecified atom stereocenters. The molecule has 1 aliphatic rings. The molecule has 0 amide bonds. The third kappa shape index (κ3) is 2.99. The molecule has 100 valence electrons. The molecular weight excluding hydrogens is 248 g/mol. The number of dihydropyridines is 1. The molecule has 4 N–H and O–H groups in total. The molecule has 0 radical (unpaired) electrons. The summed E-state index contributed by atoms with van der Waals surface area (Å²) in [6, 6.07) is 2.41. The second-order valence-corrected chi connectivity index (χ2v) is 4.36. The van der Waals surface area contributed by atoms with Crippen molar-refractivity contribution in [3.63, 3.8) is 0 Å². The van der Waals surface area contributed by atoms with E-state index in [4.69, 9.17) is 11.5 Å². The van der Waals surface area contributed by atoms with Crippen LogP contribution >= 0.6 is 0 Å². The number of rotatable bonds is 3. The van der Waals surface area contributed by atoms with Gasteiger partial charge in [-0.2, -0.15) is 0 Å². The first kappa shape index (κ1) is 13.3. The second kappa shape index (κ2) is 5.65. The lowest BCUT2D eigenvalue weighted by molar-refractivity contribution is 0.558. The van der Waals surface area contributed by atoms with Crippen LogP contribution in [0.3, 0.4) is 0 Å². The van der Waals surface area contributed by atoms with Gasteiger partial charge in [0.25, 0.3) is 0 Å². The molecule has 1 aromatic rings. The third-order valence-electron chi connectivity index (χ3n) is 3.00. The predicted molar refractivity (Wildman–Crippen MR) is 72.8 cm³/mol. The highest BCUT2D eigenvalue weighted by molar-refractivity contribution is 5.81. The number of benzene rings is 1. The van der Waals surface area contributed by atoms with Crippen LogP contribution in [-0.2, 0) is 6.42 Å².